The van der Waals surface area contributed by atoms with E-state index in [2.05, 4.69) is 55.7 Å². The van der Waals surface area contributed by atoms with Crippen molar-refractivity contribution in [1.82, 2.24) is 10.6 Å². The van der Waals surface area contributed by atoms with Crippen LogP contribution in [0, 0.1) is 0 Å². The van der Waals surface area contributed by atoms with Gasteiger partial charge in [-0.3, -0.25) is 0 Å². The van der Waals surface area contributed by atoms with Crippen LogP contribution >= 0.6 is 0 Å². The fourth-order valence-corrected chi connectivity index (χ4v) is 3.02. The van der Waals surface area contributed by atoms with Gasteiger partial charge in [0.2, 0.25) is 0 Å². The lowest BCUT2D eigenvalue weighted by molar-refractivity contribution is 0.407. The average Bonchev–Trinajstić information content (AvgIpc) is 2.91. The van der Waals surface area contributed by atoms with Gasteiger partial charge in [0.25, 0.3) is 0 Å². The van der Waals surface area contributed by atoms with E-state index < -0.39 is 0 Å². The molecule has 0 radical (unpaired) electrons. The van der Waals surface area contributed by atoms with Crippen molar-refractivity contribution in [2.24, 2.45) is 0 Å². The van der Waals surface area contributed by atoms with Gasteiger partial charge in [-0.05, 0) is 57.2 Å². The third-order valence-electron chi connectivity index (χ3n) is 4.22. The first kappa shape index (κ1) is 14.5. The van der Waals surface area contributed by atoms with Gasteiger partial charge in [0, 0.05) is 18.1 Å². The maximum Gasteiger partial charge on any atom is 0.0294 e. The van der Waals surface area contributed by atoms with Gasteiger partial charge in [-0.25, -0.2) is 0 Å². The van der Waals surface area contributed by atoms with Gasteiger partial charge in [-0.1, -0.05) is 31.2 Å². The van der Waals surface area contributed by atoms with Gasteiger partial charge in [0.1, 0.15) is 0 Å². The average molecular weight is 260 g/mol. The summed E-state index contributed by atoms with van der Waals surface area (Å²) >= 11 is 0. The second kappa shape index (κ2) is 7.06. The van der Waals surface area contributed by atoms with Crippen LogP contribution in [-0.4, -0.2) is 18.6 Å². The van der Waals surface area contributed by atoms with Crippen LogP contribution in [0.1, 0.15) is 57.2 Å². The lowest BCUT2D eigenvalue weighted by Crippen LogP contribution is -2.35. The van der Waals surface area contributed by atoms with E-state index in [9.17, 15) is 0 Å². The van der Waals surface area contributed by atoms with Crippen LogP contribution in [-0.2, 0) is 6.42 Å². The summed E-state index contributed by atoms with van der Waals surface area (Å²) in [6.45, 7) is 7.97. The third-order valence-corrected chi connectivity index (χ3v) is 4.22. The topological polar surface area (TPSA) is 24.1 Å². The zero-order valence-electron chi connectivity index (χ0n) is 12.6. The zero-order chi connectivity index (χ0) is 13.7. The summed E-state index contributed by atoms with van der Waals surface area (Å²) in [5, 5.41) is 7.30. The van der Waals surface area contributed by atoms with Gasteiger partial charge in [0.15, 0.2) is 0 Å². The molecule has 19 heavy (non-hydrogen) atoms. The summed E-state index contributed by atoms with van der Waals surface area (Å²) in [5.41, 5.74) is 2.81. The van der Waals surface area contributed by atoms with Gasteiger partial charge in [-0.15, -0.1) is 0 Å². The highest BCUT2D eigenvalue weighted by atomic mass is 15.0. The van der Waals surface area contributed by atoms with Gasteiger partial charge >= 0.3 is 0 Å². The highest BCUT2D eigenvalue weighted by Gasteiger charge is 2.18. The van der Waals surface area contributed by atoms with E-state index in [0.717, 1.165) is 12.5 Å². The summed E-state index contributed by atoms with van der Waals surface area (Å²) < 4.78 is 0. The first-order valence-electron chi connectivity index (χ1n) is 7.77. The largest absolute Gasteiger partial charge is 0.314 e. The molecule has 1 aliphatic rings. The number of aryl methyl sites for hydroxylation is 1. The Kier molecular flexibility index (Phi) is 5.41. The van der Waals surface area contributed by atoms with Crippen LogP contribution in [0.4, 0.5) is 0 Å². The Balaban J connectivity index is 1.82. The molecule has 0 saturated carbocycles. The predicted molar refractivity (Wildman–Crippen MR) is 82.5 cm³/mol. The summed E-state index contributed by atoms with van der Waals surface area (Å²) in [6, 6.07) is 10.7. The lowest BCUT2D eigenvalue weighted by atomic mass is 10.0. The maximum absolute atomic E-state index is 3.72. The van der Waals surface area contributed by atoms with Crippen molar-refractivity contribution in [2.75, 3.05) is 6.54 Å². The molecule has 106 valence electrons. The molecule has 1 heterocycles. The molecule has 1 aromatic rings. The van der Waals surface area contributed by atoms with Crippen LogP contribution in [0.2, 0.25) is 0 Å². The number of rotatable bonds is 6. The molecular formula is C17H28N2. The smallest absolute Gasteiger partial charge is 0.0294 e. The van der Waals surface area contributed by atoms with E-state index in [-0.39, 0.29) is 0 Å². The van der Waals surface area contributed by atoms with Crippen molar-refractivity contribution in [3.63, 3.8) is 0 Å². The molecule has 0 amide bonds. The van der Waals surface area contributed by atoms with Gasteiger partial charge in [-0.2, -0.15) is 0 Å². The summed E-state index contributed by atoms with van der Waals surface area (Å²) in [7, 11) is 0. The first-order chi connectivity index (χ1) is 9.19. The summed E-state index contributed by atoms with van der Waals surface area (Å²) in [6.07, 6.45) is 5.03. The van der Waals surface area contributed by atoms with E-state index in [1.807, 2.05) is 0 Å². The molecule has 1 aromatic carbocycles. The van der Waals surface area contributed by atoms with Crippen molar-refractivity contribution in [3.8, 4) is 0 Å². The van der Waals surface area contributed by atoms with Crippen LogP contribution in [0.15, 0.2) is 24.3 Å². The van der Waals surface area contributed by atoms with E-state index >= 15 is 0 Å². The number of nitrogens with one attached hydrogen (secondary N) is 2. The third kappa shape index (κ3) is 4.32. The normalized spacial score (nSPS) is 22.4. The molecule has 0 aliphatic carbocycles. The van der Waals surface area contributed by atoms with Crippen molar-refractivity contribution in [2.45, 2.75) is 64.6 Å². The fourth-order valence-electron chi connectivity index (χ4n) is 3.02. The second-order valence-electron chi connectivity index (χ2n) is 5.91. The zero-order valence-corrected chi connectivity index (χ0v) is 12.6. The van der Waals surface area contributed by atoms with Gasteiger partial charge in [0.05, 0.1) is 0 Å². The van der Waals surface area contributed by atoms with E-state index in [1.165, 1.54) is 36.9 Å². The molecule has 1 saturated heterocycles. The molecule has 2 N–H and O–H groups in total. The van der Waals surface area contributed by atoms with Gasteiger partial charge < -0.3 is 10.6 Å². The van der Waals surface area contributed by atoms with Crippen LogP contribution in [0.25, 0.3) is 0 Å². The minimum atomic E-state index is 0.433. The van der Waals surface area contributed by atoms with Crippen LogP contribution < -0.4 is 10.6 Å². The second-order valence-corrected chi connectivity index (χ2v) is 5.91. The Labute approximate surface area is 118 Å². The molecule has 0 spiro atoms. The highest BCUT2D eigenvalue weighted by molar-refractivity contribution is 5.24. The molecule has 0 bridgehead atoms. The molecule has 2 nitrogen and oxygen atoms in total. The van der Waals surface area contributed by atoms with E-state index in [4.69, 9.17) is 0 Å². The molecule has 2 heteroatoms. The SMILES string of the molecule is CCc1ccc(C(C)NC(C)CC2CCCN2)cc1. The maximum atomic E-state index is 3.72. The molecule has 3 atom stereocenters. The van der Waals surface area contributed by atoms with E-state index in [0.29, 0.717) is 12.1 Å². The predicted octanol–water partition coefficient (Wildman–Crippen LogP) is 3.43. The van der Waals surface area contributed by atoms with Crippen LogP contribution in [0.5, 0.6) is 0 Å². The Morgan fingerprint density at radius 2 is 2.00 bits per heavy atom. The number of benzene rings is 1. The number of hydrogen-bond donors (Lipinski definition) is 2. The Morgan fingerprint density at radius 1 is 1.26 bits per heavy atom. The molecule has 0 aromatic heterocycles. The molecule has 1 fully saturated rings. The highest BCUT2D eigenvalue weighted by Crippen LogP contribution is 2.17. The fraction of sp³-hybridized carbons (Fsp3) is 0.647. The number of hydrogen-bond acceptors (Lipinski definition) is 2. The Bertz CT molecular complexity index is 365. The Morgan fingerprint density at radius 3 is 2.58 bits per heavy atom. The van der Waals surface area contributed by atoms with Crippen molar-refractivity contribution < 1.29 is 0 Å². The van der Waals surface area contributed by atoms with Crippen molar-refractivity contribution >= 4 is 0 Å². The molecule has 1 aliphatic heterocycles. The molecule has 2 rings (SSSR count). The van der Waals surface area contributed by atoms with Crippen LogP contribution in [0.3, 0.4) is 0 Å². The standard InChI is InChI=1S/C17H28N2/c1-4-15-7-9-16(10-8-15)14(3)19-13(2)12-17-6-5-11-18-17/h7-10,13-14,17-19H,4-6,11-12H2,1-3H3. The monoisotopic (exact) mass is 260 g/mol. The quantitative estimate of drug-likeness (QED) is 0.819. The van der Waals surface area contributed by atoms with E-state index in [1.54, 1.807) is 0 Å². The summed E-state index contributed by atoms with van der Waals surface area (Å²) in [5.74, 6) is 0. The van der Waals surface area contributed by atoms with Crippen molar-refractivity contribution in [3.05, 3.63) is 35.4 Å². The minimum Gasteiger partial charge on any atom is -0.314 e. The minimum absolute atomic E-state index is 0.433. The molecule has 3 unspecified atom stereocenters. The van der Waals surface area contributed by atoms with Crippen molar-refractivity contribution in [1.29, 1.82) is 0 Å². The first-order valence-corrected chi connectivity index (χ1v) is 7.77. The lowest BCUT2D eigenvalue weighted by Gasteiger charge is -2.23. The Hall–Kier alpha value is -0.860. The molecular weight excluding hydrogens is 232 g/mol. The summed E-state index contributed by atoms with van der Waals surface area (Å²) in [4.78, 5) is 0.